The highest BCUT2D eigenvalue weighted by atomic mass is 35.5. The zero-order valence-electron chi connectivity index (χ0n) is 17.6. The average molecular weight is 405 g/mol. The van der Waals surface area contributed by atoms with Gasteiger partial charge in [0.1, 0.15) is 0 Å². The third-order valence-electron chi connectivity index (χ3n) is 5.59. The fourth-order valence-corrected chi connectivity index (χ4v) is 3.88. The second-order valence-electron chi connectivity index (χ2n) is 7.64. The van der Waals surface area contributed by atoms with Gasteiger partial charge in [-0.05, 0) is 73.1 Å². The first kappa shape index (κ1) is 22.6. The second-order valence-corrected chi connectivity index (χ2v) is 8.07. The van der Waals surface area contributed by atoms with Crippen LogP contribution in [0.25, 0.3) is 5.57 Å². The summed E-state index contributed by atoms with van der Waals surface area (Å²) in [4.78, 5) is 0. The first-order valence-corrected chi connectivity index (χ1v) is 10.6. The molecular formula is C25H31ClF2. The van der Waals surface area contributed by atoms with Crippen LogP contribution in [0.2, 0.25) is 5.02 Å². The first-order chi connectivity index (χ1) is 13.3. The summed E-state index contributed by atoms with van der Waals surface area (Å²) >= 11 is 6.33. The quantitative estimate of drug-likeness (QED) is 0.412. The minimum atomic E-state index is -0.748. The number of hydrogen-bond donors (Lipinski definition) is 0. The van der Waals surface area contributed by atoms with Crippen molar-refractivity contribution < 1.29 is 8.78 Å². The Balaban J connectivity index is 2.62. The molecule has 3 heteroatoms. The number of hydrogen-bond acceptors (Lipinski definition) is 0. The Bertz CT molecular complexity index is 852. The molecule has 28 heavy (non-hydrogen) atoms. The van der Waals surface area contributed by atoms with Gasteiger partial charge >= 0.3 is 0 Å². The summed E-state index contributed by atoms with van der Waals surface area (Å²) in [6.45, 7) is 9.91. The zero-order valence-corrected chi connectivity index (χ0v) is 18.4. The molecule has 0 nitrogen and oxygen atoms in total. The Morgan fingerprint density at radius 2 is 1.75 bits per heavy atom. The van der Waals surface area contributed by atoms with Gasteiger partial charge in [-0.1, -0.05) is 69.0 Å². The van der Waals surface area contributed by atoms with Crippen LogP contribution in [-0.4, -0.2) is 0 Å². The molecule has 0 aliphatic heterocycles. The Hall–Kier alpha value is -1.67. The SMILES string of the molecule is CCCC/C(=C(/C)[C@@H](C)c1ccc(C)c(F)c1F)c1cc(Cl)ccc1CCC. The van der Waals surface area contributed by atoms with Gasteiger partial charge in [0.05, 0.1) is 0 Å². The van der Waals surface area contributed by atoms with Crippen molar-refractivity contribution in [2.24, 2.45) is 0 Å². The largest absolute Gasteiger partial charge is 0.203 e. The summed E-state index contributed by atoms with van der Waals surface area (Å²) in [5, 5.41) is 0.705. The number of unbranched alkanes of at least 4 members (excludes halogenated alkanes) is 1. The zero-order chi connectivity index (χ0) is 20.8. The molecule has 0 aliphatic carbocycles. The number of aryl methyl sites for hydroxylation is 2. The van der Waals surface area contributed by atoms with Gasteiger partial charge in [0, 0.05) is 10.9 Å². The van der Waals surface area contributed by atoms with E-state index in [1.807, 2.05) is 26.0 Å². The minimum Gasteiger partial charge on any atom is -0.203 e. The van der Waals surface area contributed by atoms with E-state index in [0.717, 1.165) is 43.2 Å². The maximum atomic E-state index is 14.6. The van der Waals surface area contributed by atoms with Crippen LogP contribution in [0.4, 0.5) is 8.78 Å². The fourth-order valence-electron chi connectivity index (χ4n) is 3.70. The Kier molecular flexibility index (Phi) is 8.24. The third kappa shape index (κ3) is 5.03. The summed E-state index contributed by atoms with van der Waals surface area (Å²) in [6.07, 6.45) is 5.03. The van der Waals surface area contributed by atoms with Gasteiger partial charge in [0.2, 0.25) is 0 Å². The van der Waals surface area contributed by atoms with Gasteiger partial charge in [-0.2, -0.15) is 0 Å². The van der Waals surface area contributed by atoms with Crippen LogP contribution in [-0.2, 0) is 6.42 Å². The van der Waals surface area contributed by atoms with Gasteiger partial charge < -0.3 is 0 Å². The smallest absolute Gasteiger partial charge is 0.162 e. The van der Waals surface area contributed by atoms with Crippen molar-refractivity contribution in [3.05, 3.63) is 74.8 Å². The molecule has 0 N–H and O–H groups in total. The summed E-state index contributed by atoms with van der Waals surface area (Å²) in [5.41, 5.74) is 5.45. The highest BCUT2D eigenvalue weighted by Crippen LogP contribution is 2.37. The molecule has 0 saturated heterocycles. The van der Waals surface area contributed by atoms with Crippen LogP contribution < -0.4 is 0 Å². The van der Waals surface area contributed by atoms with Crippen LogP contribution >= 0.6 is 11.6 Å². The van der Waals surface area contributed by atoms with E-state index < -0.39 is 11.6 Å². The monoisotopic (exact) mass is 404 g/mol. The maximum absolute atomic E-state index is 14.6. The van der Waals surface area contributed by atoms with E-state index in [4.69, 9.17) is 11.6 Å². The molecule has 0 heterocycles. The van der Waals surface area contributed by atoms with E-state index in [1.54, 1.807) is 19.1 Å². The van der Waals surface area contributed by atoms with Crippen molar-refractivity contribution in [2.75, 3.05) is 0 Å². The molecule has 0 aliphatic rings. The molecule has 0 amide bonds. The molecule has 0 aromatic heterocycles. The molecule has 0 saturated carbocycles. The maximum Gasteiger partial charge on any atom is 0.162 e. The van der Waals surface area contributed by atoms with Crippen molar-refractivity contribution in [2.45, 2.75) is 72.6 Å². The summed E-state index contributed by atoms with van der Waals surface area (Å²) < 4.78 is 28.8. The van der Waals surface area contributed by atoms with E-state index in [0.29, 0.717) is 16.1 Å². The Labute approximate surface area is 173 Å². The highest BCUT2D eigenvalue weighted by Gasteiger charge is 2.21. The topological polar surface area (TPSA) is 0 Å². The molecule has 152 valence electrons. The van der Waals surface area contributed by atoms with Gasteiger partial charge in [0.15, 0.2) is 11.6 Å². The van der Waals surface area contributed by atoms with Gasteiger partial charge in [-0.25, -0.2) is 8.78 Å². The standard InChI is InChI=1S/C25H31ClF2/c1-6-8-10-21(23-15-20(26)13-12-19(23)9-7-2)17(4)18(5)22-14-11-16(3)24(27)25(22)28/h11-15,18H,6-10H2,1-5H3/b21-17+/t18-/m1/s1. The van der Waals surface area contributed by atoms with Crippen LogP contribution in [0.15, 0.2) is 35.9 Å². The first-order valence-electron chi connectivity index (χ1n) is 10.2. The van der Waals surface area contributed by atoms with E-state index in [-0.39, 0.29) is 5.92 Å². The number of benzene rings is 2. The lowest BCUT2D eigenvalue weighted by molar-refractivity contribution is 0.490. The van der Waals surface area contributed by atoms with Crippen LogP contribution in [0.1, 0.15) is 81.5 Å². The molecular weight excluding hydrogens is 374 g/mol. The minimum absolute atomic E-state index is 0.213. The summed E-state index contributed by atoms with van der Waals surface area (Å²) in [7, 11) is 0. The lowest BCUT2D eigenvalue weighted by Crippen LogP contribution is -2.06. The van der Waals surface area contributed by atoms with E-state index in [9.17, 15) is 8.78 Å². The van der Waals surface area contributed by atoms with E-state index >= 15 is 0 Å². The normalized spacial score (nSPS) is 13.4. The second kappa shape index (κ2) is 10.2. The summed E-state index contributed by atoms with van der Waals surface area (Å²) in [6, 6.07) is 9.42. The molecule has 0 unspecified atom stereocenters. The number of halogens is 3. The molecule has 0 radical (unpaired) electrons. The van der Waals surface area contributed by atoms with E-state index in [2.05, 4.69) is 19.9 Å². The predicted octanol–water partition coefficient (Wildman–Crippen LogP) is 8.65. The van der Waals surface area contributed by atoms with E-state index in [1.165, 1.54) is 11.1 Å². The lowest BCUT2D eigenvalue weighted by Gasteiger charge is -2.22. The number of allylic oxidation sites excluding steroid dienone is 2. The van der Waals surface area contributed by atoms with Gasteiger partial charge in [-0.3, -0.25) is 0 Å². The third-order valence-corrected chi connectivity index (χ3v) is 5.83. The summed E-state index contributed by atoms with van der Waals surface area (Å²) in [5.74, 6) is -1.70. The van der Waals surface area contributed by atoms with Gasteiger partial charge in [0.25, 0.3) is 0 Å². The van der Waals surface area contributed by atoms with Crippen molar-refractivity contribution >= 4 is 17.2 Å². The molecule has 2 aromatic rings. The van der Waals surface area contributed by atoms with Crippen molar-refractivity contribution in [3.8, 4) is 0 Å². The molecule has 2 rings (SSSR count). The van der Waals surface area contributed by atoms with Crippen molar-refractivity contribution in [1.29, 1.82) is 0 Å². The average Bonchev–Trinajstić information content (AvgIpc) is 2.68. The van der Waals surface area contributed by atoms with Crippen LogP contribution in [0, 0.1) is 18.6 Å². The molecule has 1 atom stereocenters. The van der Waals surface area contributed by atoms with Crippen LogP contribution in [0.5, 0.6) is 0 Å². The van der Waals surface area contributed by atoms with Crippen molar-refractivity contribution in [1.82, 2.24) is 0 Å². The fraction of sp³-hybridized carbons (Fsp3) is 0.440. The molecule has 0 spiro atoms. The van der Waals surface area contributed by atoms with Crippen molar-refractivity contribution in [3.63, 3.8) is 0 Å². The molecule has 0 bridgehead atoms. The Morgan fingerprint density at radius 1 is 1.04 bits per heavy atom. The highest BCUT2D eigenvalue weighted by molar-refractivity contribution is 6.30. The van der Waals surface area contributed by atoms with Crippen LogP contribution in [0.3, 0.4) is 0 Å². The molecule has 0 fully saturated rings. The Morgan fingerprint density at radius 3 is 2.39 bits per heavy atom. The lowest BCUT2D eigenvalue weighted by atomic mass is 9.83. The molecule has 2 aromatic carbocycles. The predicted molar refractivity (Wildman–Crippen MR) is 117 cm³/mol. The number of rotatable bonds is 8. The van der Waals surface area contributed by atoms with Gasteiger partial charge in [-0.15, -0.1) is 0 Å².